The van der Waals surface area contributed by atoms with Crippen LogP contribution in [0.3, 0.4) is 0 Å². The minimum atomic E-state index is 0.807. The Hall–Kier alpha value is -1.34. The normalized spacial score (nSPS) is 22.3. The van der Waals surface area contributed by atoms with E-state index in [1.165, 1.54) is 58.7 Å². The molecular formula is C20H26Si. The molecule has 0 heterocycles. The van der Waals surface area contributed by atoms with Crippen molar-refractivity contribution < 1.29 is 0 Å². The fourth-order valence-electron chi connectivity index (χ4n) is 3.60. The number of aryl methyl sites for hydroxylation is 1. The van der Waals surface area contributed by atoms with E-state index < -0.39 is 0 Å². The van der Waals surface area contributed by atoms with Crippen LogP contribution in [0.5, 0.6) is 0 Å². The molecule has 0 aliphatic heterocycles. The fourth-order valence-corrected chi connectivity index (χ4v) is 4.41. The Morgan fingerprint density at radius 2 is 1.33 bits per heavy atom. The van der Waals surface area contributed by atoms with E-state index in [-0.39, 0.29) is 0 Å². The molecule has 1 aliphatic rings. The molecule has 0 radical (unpaired) electrons. The molecule has 0 N–H and O–H groups in total. The van der Waals surface area contributed by atoms with Gasteiger partial charge >= 0.3 is 0 Å². The molecule has 1 aliphatic carbocycles. The van der Waals surface area contributed by atoms with Crippen LogP contribution in [0.25, 0.3) is 11.1 Å². The molecule has 0 amide bonds. The van der Waals surface area contributed by atoms with Crippen LogP contribution in [0.15, 0.2) is 48.5 Å². The highest BCUT2D eigenvalue weighted by molar-refractivity contribution is 6.08. The predicted molar refractivity (Wildman–Crippen MR) is 96.1 cm³/mol. The van der Waals surface area contributed by atoms with Crippen molar-refractivity contribution in [1.82, 2.24) is 0 Å². The van der Waals surface area contributed by atoms with Crippen molar-refractivity contribution >= 4 is 10.2 Å². The highest BCUT2D eigenvalue weighted by Crippen LogP contribution is 2.37. The predicted octanol–water partition coefficient (Wildman–Crippen LogP) is 4.72. The topological polar surface area (TPSA) is 0 Å². The van der Waals surface area contributed by atoms with E-state index in [0.29, 0.717) is 0 Å². The van der Waals surface area contributed by atoms with Gasteiger partial charge in [0.25, 0.3) is 0 Å². The van der Waals surface area contributed by atoms with E-state index in [0.717, 1.165) is 11.8 Å². The molecule has 1 fully saturated rings. The van der Waals surface area contributed by atoms with Gasteiger partial charge in [-0.1, -0.05) is 73.0 Å². The van der Waals surface area contributed by atoms with E-state index in [9.17, 15) is 0 Å². The zero-order valence-electron chi connectivity index (χ0n) is 13.3. The summed E-state index contributed by atoms with van der Waals surface area (Å²) in [6.07, 6.45) is 5.70. The lowest BCUT2D eigenvalue weighted by Crippen LogP contribution is -2.12. The number of hydrogen-bond donors (Lipinski definition) is 0. The largest absolute Gasteiger partial charge is 0.0631 e. The lowest BCUT2D eigenvalue weighted by Gasteiger charge is -2.28. The SMILES string of the molecule is Cc1ccc(-c2ccc(C3CCC(C[SiH3])CC3)cc2)cc1. The van der Waals surface area contributed by atoms with Crippen LogP contribution in [-0.4, -0.2) is 10.2 Å². The van der Waals surface area contributed by atoms with Gasteiger partial charge in [-0.05, 0) is 48.3 Å². The van der Waals surface area contributed by atoms with Crippen molar-refractivity contribution in [2.45, 2.75) is 44.6 Å². The second-order valence-electron chi connectivity index (χ2n) is 6.61. The number of benzene rings is 2. The molecule has 0 bridgehead atoms. The molecule has 1 saturated carbocycles. The molecule has 3 rings (SSSR count). The average Bonchev–Trinajstić information content (AvgIpc) is 2.56. The summed E-state index contributed by atoms with van der Waals surface area (Å²) in [5.74, 6) is 1.85. The van der Waals surface area contributed by atoms with Gasteiger partial charge in [-0.15, -0.1) is 0 Å². The van der Waals surface area contributed by atoms with Crippen LogP contribution in [0.1, 0.15) is 42.7 Å². The van der Waals surface area contributed by atoms with Gasteiger partial charge in [0.2, 0.25) is 0 Å². The van der Waals surface area contributed by atoms with Gasteiger partial charge in [0, 0.05) is 10.2 Å². The third kappa shape index (κ3) is 3.46. The monoisotopic (exact) mass is 294 g/mol. The molecule has 0 atom stereocenters. The highest BCUT2D eigenvalue weighted by Gasteiger charge is 2.20. The van der Waals surface area contributed by atoms with E-state index in [4.69, 9.17) is 0 Å². The maximum Gasteiger partial charge on any atom is 0.00314 e. The van der Waals surface area contributed by atoms with Gasteiger partial charge in [0.1, 0.15) is 0 Å². The molecule has 2 aromatic rings. The Morgan fingerprint density at radius 3 is 1.86 bits per heavy atom. The van der Waals surface area contributed by atoms with E-state index >= 15 is 0 Å². The molecule has 21 heavy (non-hydrogen) atoms. The van der Waals surface area contributed by atoms with E-state index in [1.807, 2.05) is 0 Å². The minimum absolute atomic E-state index is 0.807. The first kappa shape index (κ1) is 14.6. The smallest absolute Gasteiger partial charge is 0.00314 e. The Labute approximate surface area is 132 Å². The number of hydrogen-bond acceptors (Lipinski definition) is 0. The van der Waals surface area contributed by atoms with Gasteiger partial charge < -0.3 is 0 Å². The lowest BCUT2D eigenvalue weighted by molar-refractivity contribution is 0.348. The molecule has 2 aromatic carbocycles. The van der Waals surface area contributed by atoms with Crippen molar-refractivity contribution in [2.24, 2.45) is 5.92 Å². The van der Waals surface area contributed by atoms with Crippen molar-refractivity contribution in [3.63, 3.8) is 0 Å². The van der Waals surface area contributed by atoms with Crippen molar-refractivity contribution in [2.75, 3.05) is 0 Å². The quantitative estimate of drug-likeness (QED) is 0.719. The standard InChI is InChI=1S/C20H26Si/c1-15-2-6-17(7-3-15)19-10-12-20(13-11-19)18-8-4-16(14-21)5-9-18/h2-3,6-7,10-13,16,18H,4-5,8-9,14H2,1,21H3. The molecule has 110 valence electrons. The van der Waals surface area contributed by atoms with Gasteiger partial charge in [-0.25, -0.2) is 0 Å². The maximum atomic E-state index is 2.36. The summed E-state index contributed by atoms with van der Waals surface area (Å²) in [6.45, 7) is 2.14. The van der Waals surface area contributed by atoms with Gasteiger partial charge in [-0.2, -0.15) is 0 Å². The van der Waals surface area contributed by atoms with Crippen LogP contribution in [-0.2, 0) is 0 Å². The summed E-state index contributed by atoms with van der Waals surface area (Å²) in [5.41, 5.74) is 5.54. The van der Waals surface area contributed by atoms with Crippen molar-refractivity contribution in [3.8, 4) is 11.1 Å². The second kappa shape index (κ2) is 6.61. The van der Waals surface area contributed by atoms with E-state index in [2.05, 4.69) is 55.5 Å². The average molecular weight is 295 g/mol. The Kier molecular flexibility index (Phi) is 4.59. The summed E-state index contributed by atoms with van der Waals surface area (Å²) in [4.78, 5) is 0. The van der Waals surface area contributed by atoms with E-state index in [1.54, 1.807) is 5.56 Å². The van der Waals surface area contributed by atoms with Crippen LogP contribution < -0.4 is 0 Å². The van der Waals surface area contributed by atoms with Gasteiger partial charge in [-0.3, -0.25) is 0 Å². The second-order valence-corrected chi connectivity index (χ2v) is 7.43. The molecule has 0 unspecified atom stereocenters. The maximum absolute atomic E-state index is 2.36. The third-order valence-electron chi connectivity index (χ3n) is 5.19. The Bertz CT molecular complexity index is 560. The Balaban J connectivity index is 1.71. The molecule has 1 heteroatoms. The van der Waals surface area contributed by atoms with Crippen molar-refractivity contribution in [1.29, 1.82) is 0 Å². The van der Waals surface area contributed by atoms with Gasteiger partial charge in [0.15, 0.2) is 0 Å². The Morgan fingerprint density at radius 1 is 0.810 bits per heavy atom. The number of rotatable bonds is 3. The minimum Gasteiger partial charge on any atom is -0.0631 e. The zero-order chi connectivity index (χ0) is 14.7. The highest BCUT2D eigenvalue weighted by atomic mass is 28.1. The van der Waals surface area contributed by atoms with Crippen molar-refractivity contribution in [3.05, 3.63) is 59.7 Å². The first-order valence-electron chi connectivity index (χ1n) is 8.43. The molecular weight excluding hydrogens is 268 g/mol. The van der Waals surface area contributed by atoms with Crippen LogP contribution >= 0.6 is 0 Å². The van der Waals surface area contributed by atoms with Gasteiger partial charge in [0.05, 0.1) is 0 Å². The molecule has 0 nitrogen and oxygen atoms in total. The first-order chi connectivity index (χ1) is 10.3. The zero-order valence-corrected chi connectivity index (χ0v) is 15.3. The molecule has 0 aromatic heterocycles. The summed E-state index contributed by atoms with van der Waals surface area (Å²) < 4.78 is 0. The molecule has 0 saturated heterocycles. The molecule has 0 spiro atoms. The van der Waals surface area contributed by atoms with Crippen LogP contribution in [0.4, 0.5) is 0 Å². The van der Waals surface area contributed by atoms with Crippen LogP contribution in [0, 0.1) is 12.8 Å². The first-order valence-corrected chi connectivity index (χ1v) is 9.84. The third-order valence-corrected chi connectivity index (χ3v) is 6.35. The fraction of sp³-hybridized carbons (Fsp3) is 0.400. The summed E-state index contributed by atoms with van der Waals surface area (Å²) in [6, 6.07) is 19.7. The summed E-state index contributed by atoms with van der Waals surface area (Å²) in [7, 11) is 1.38. The summed E-state index contributed by atoms with van der Waals surface area (Å²) in [5, 5.41) is 0. The summed E-state index contributed by atoms with van der Waals surface area (Å²) >= 11 is 0. The van der Waals surface area contributed by atoms with Crippen LogP contribution in [0.2, 0.25) is 6.04 Å². The lowest BCUT2D eigenvalue weighted by atomic mass is 9.79.